The van der Waals surface area contributed by atoms with Crippen LogP contribution < -0.4 is 14.8 Å². The predicted molar refractivity (Wildman–Crippen MR) is 94.4 cm³/mol. The fourth-order valence-electron chi connectivity index (χ4n) is 2.52. The highest BCUT2D eigenvalue weighted by atomic mass is 32.2. The number of ether oxygens (including phenoxy) is 3. The van der Waals surface area contributed by atoms with Gasteiger partial charge in [0.25, 0.3) is 11.1 Å². The third-order valence-electron chi connectivity index (χ3n) is 3.89. The van der Waals surface area contributed by atoms with Crippen molar-refractivity contribution in [2.24, 2.45) is 0 Å². The Kier molecular flexibility index (Phi) is 6.21. The van der Waals surface area contributed by atoms with Crippen LogP contribution >= 0.6 is 11.8 Å². The van der Waals surface area contributed by atoms with Crippen LogP contribution in [0.15, 0.2) is 24.3 Å². The number of para-hydroxylation sites is 2. The van der Waals surface area contributed by atoms with E-state index in [1.807, 2.05) is 18.2 Å². The molecule has 1 saturated heterocycles. The minimum atomic E-state index is -0.504. The van der Waals surface area contributed by atoms with Crippen molar-refractivity contribution in [1.29, 1.82) is 0 Å². The molecular weight excluding hydrogens is 360 g/mol. The highest BCUT2D eigenvalue weighted by molar-refractivity contribution is 8.13. The van der Waals surface area contributed by atoms with E-state index in [-0.39, 0.29) is 30.9 Å². The van der Waals surface area contributed by atoms with Crippen LogP contribution in [0.5, 0.6) is 11.5 Å². The molecule has 2 amide bonds. The number of nitrogens with zero attached hydrogens (tertiary/aromatic N) is 1. The van der Waals surface area contributed by atoms with Crippen LogP contribution in [0.2, 0.25) is 0 Å². The summed E-state index contributed by atoms with van der Waals surface area (Å²) in [7, 11) is 0. The van der Waals surface area contributed by atoms with Crippen molar-refractivity contribution in [2.75, 3.05) is 38.6 Å². The molecule has 3 rings (SSSR count). The van der Waals surface area contributed by atoms with E-state index < -0.39 is 11.9 Å². The Balaban J connectivity index is 1.31. The zero-order chi connectivity index (χ0) is 18.4. The molecule has 2 heterocycles. The van der Waals surface area contributed by atoms with Gasteiger partial charge in [-0.1, -0.05) is 23.9 Å². The van der Waals surface area contributed by atoms with E-state index in [4.69, 9.17) is 14.2 Å². The van der Waals surface area contributed by atoms with E-state index >= 15 is 0 Å². The number of hydrogen-bond acceptors (Lipinski definition) is 7. The molecule has 0 bridgehead atoms. The van der Waals surface area contributed by atoms with Gasteiger partial charge >= 0.3 is 5.97 Å². The molecule has 0 aromatic heterocycles. The molecule has 1 N–H and O–H groups in total. The van der Waals surface area contributed by atoms with Crippen molar-refractivity contribution in [1.82, 2.24) is 10.2 Å². The van der Waals surface area contributed by atoms with E-state index in [1.54, 1.807) is 11.0 Å². The fourth-order valence-corrected chi connectivity index (χ4v) is 3.37. The normalized spacial score (nSPS) is 18.5. The van der Waals surface area contributed by atoms with Crippen LogP contribution in [0.25, 0.3) is 0 Å². The zero-order valence-corrected chi connectivity index (χ0v) is 15.0. The van der Waals surface area contributed by atoms with E-state index in [1.165, 1.54) is 11.8 Å². The summed E-state index contributed by atoms with van der Waals surface area (Å²) in [4.78, 5) is 36.5. The van der Waals surface area contributed by atoms with E-state index in [0.29, 0.717) is 31.2 Å². The van der Waals surface area contributed by atoms with Crippen LogP contribution in [-0.4, -0.2) is 66.7 Å². The van der Waals surface area contributed by atoms with Crippen LogP contribution in [0.4, 0.5) is 4.79 Å². The van der Waals surface area contributed by atoms with Crippen LogP contribution in [-0.2, 0) is 14.3 Å². The lowest BCUT2D eigenvalue weighted by Gasteiger charge is -2.26. The minimum Gasteiger partial charge on any atom is -0.486 e. The molecule has 2 aliphatic heterocycles. The molecule has 1 unspecified atom stereocenters. The van der Waals surface area contributed by atoms with Gasteiger partial charge in [0.05, 0.1) is 13.0 Å². The predicted octanol–water partition coefficient (Wildman–Crippen LogP) is 1.04. The van der Waals surface area contributed by atoms with Gasteiger partial charge < -0.3 is 24.4 Å². The van der Waals surface area contributed by atoms with Crippen molar-refractivity contribution in [3.63, 3.8) is 0 Å². The molecule has 1 fully saturated rings. The minimum absolute atomic E-state index is 0.0215. The number of nitrogens with one attached hydrogen (secondary N) is 1. The van der Waals surface area contributed by atoms with Gasteiger partial charge in [-0.2, -0.15) is 0 Å². The number of rotatable bonds is 7. The van der Waals surface area contributed by atoms with Gasteiger partial charge in [-0.25, -0.2) is 0 Å². The van der Waals surface area contributed by atoms with Crippen LogP contribution in [0.1, 0.15) is 6.42 Å². The summed E-state index contributed by atoms with van der Waals surface area (Å²) in [5, 5.41) is 2.63. The van der Waals surface area contributed by atoms with E-state index in [9.17, 15) is 14.4 Å². The summed E-state index contributed by atoms with van der Waals surface area (Å²) in [5.41, 5.74) is 0. The molecule has 1 aromatic rings. The van der Waals surface area contributed by atoms with Gasteiger partial charge in [-0.3, -0.25) is 14.4 Å². The first-order valence-corrected chi connectivity index (χ1v) is 9.33. The highest BCUT2D eigenvalue weighted by Gasteiger charge is 2.23. The topological polar surface area (TPSA) is 94.2 Å². The van der Waals surface area contributed by atoms with E-state index in [2.05, 4.69) is 5.32 Å². The molecule has 8 nitrogen and oxygen atoms in total. The highest BCUT2D eigenvalue weighted by Crippen LogP contribution is 2.30. The second kappa shape index (κ2) is 8.79. The Morgan fingerprint density at radius 1 is 1.31 bits per heavy atom. The lowest BCUT2D eigenvalue weighted by Crippen LogP contribution is -2.42. The smallest absolute Gasteiger partial charge is 0.308 e. The Hall–Kier alpha value is -2.42. The number of thioether (sulfide) groups is 1. The number of hydrogen-bond donors (Lipinski definition) is 1. The van der Waals surface area contributed by atoms with Crippen LogP contribution in [0.3, 0.4) is 0 Å². The van der Waals surface area contributed by atoms with Gasteiger partial charge in [0.1, 0.15) is 12.7 Å². The standard InChI is InChI=1S/C17H20N2O6S/c20-15(11-24-16(21)5-6-19-7-8-26-17(19)22)18-9-12-10-23-13-3-1-2-4-14(13)25-12/h1-4,12H,5-11H2,(H,18,20). The number of fused-ring (bicyclic) bond motifs is 1. The van der Waals surface area contributed by atoms with Crippen molar-refractivity contribution in [2.45, 2.75) is 12.5 Å². The molecule has 140 valence electrons. The number of carbonyl (C=O) groups is 3. The maximum Gasteiger partial charge on any atom is 0.308 e. The maximum atomic E-state index is 11.8. The summed E-state index contributed by atoms with van der Waals surface area (Å²) in [6.07, 6.45) is -0.223. The first-order chi connectivity index (χ1) is 12.6. The lowest BCUT2D eigenvalue weighted by molar-refractivity contribution is -0.148. The second-order valence-electron chi connectivity index (χ2n) is 5.81. The Labute approximate surface area is 155 Å². The lowest BCUT2D eigenvalue weighted by atomic mass is 10.2. The largest absolute Gasteiger partial charge is 0.486 e. The van der Waals surface area contributed by atoms with Gasteiger partial charge in [0.2, 0.25) is 0 Å². The quantitative estimate of drug-likeness (QED) is 0.707. The molecule has 0 spiro atoms. The summed E-state index contributed by atoms with van der Waals surface area (Å²) in [6.45, 7) is 1.19. The third kappa shape index (κ3) is 5.04. The van der Waals surface area contributed by atoms with Crippen molar-refractivity contribution in [3.8, 4) is 11.5 Å². The number of esters is 1. The van der Waals surface area contributed by atoms with Gasteiger partial charge in [-0.15, -0.1) is 0 Å². The van der Waals surface area contributed by atoms with E-state index in [0.717, 1.165) is 5.75 Å². The molecular formula is C17H20N2O6S. The Morgan fingerprint density at radius 2 is 2.12 bits per heavy atom. The monoisotopic (exact) mass is 380 g/mol. The van der Waals surface area contributed by atoms with Gasteiger partial charge in [0, 0.05) is 18.8 Å². The average molecular weight is 380 g/mol. The summed E-state index contributed by atoms with van der Waals surface area (Å²) in [5.74, 6) is 1.15. The molecule has 0 saturated carbocycles. The summed E-state index contributed by atoms with van der Waals surface area (Å²) in [6, 6.07) is 7.32. The second-order valence-corrected chi connectivity index (χ2v) is 6.86. The van der Waals surface area contributed by atoms with Gasteiger partial charge in [0.15, 0.2) is 18.1 Å². The van der Waals surface area contributed by atoms with Crippen molar-refractivity contribution >= 4 is 28.9 Å². The van der Waals surface area contributed by atoms with Crippen molar-refractivity contribution in [3.05, 3.63) is 24.3 Å². The molecule has 2 aliphatic rings. The average Bonchev–Trinajstić information content (AvgIpc) is 3.07. The molecule has 0 aliphatic carbocycles. The number of amides is 2. The molecule has 1 aromatic carbocycles. The number of carbonyl (C=O) groups excluding carboxylic acids is 3. The first-order valence-electron chi connectivity index (χ1n) is 8.34. The summed E-state index contributed by atoms with van der Waals surface area (Å²) >= 11 is 1.24. The first kappa shape index (κ1) is 18.4. The zero-order valence-electron chi connectivity index (χ0n) is 14.1. The Morgan fingerprint density at radius 3 is 2.88 bits per heavy atom. The molecule has 9 heteroatoms. The molecule has 0 radical (unpaired) electrons. The molecule has 1 atom stereocenters. The van der Waals surface area contributed by atoms with Gasteiger partial charge in [-0.05, 0) is 12.1 Å². The molecule has 26 heavy (non-hydrogen) atoms. The number of benzene rings is 1. The fraction of sp³-hybridized carbons (Fsp3) is 0.471. The third-order valence-corrected chi connectivity index (χ3v) is 4.78. The summed E-state index contributed by atoms with van der Waals surface area (Å²) < 4.78 is 16.2. The van der Waals surface area contributed by atoms with Crippen molar-refractivity contribution < 1.29 is 28.6 Å². The SMILES string of the molecule is O=C(COC(=O)CCN1CCSC1=O)NCC1COc2ccccc2O1. The van der Waals surface area contributed by atoms with Crippen LogP contribution in [0, 0.1) is 0 Å². The Bertz CT molecular complexity index is 683. The maximum absolute atomic E-state index is 11.8.